The molecule has 0 aromatic heterocycles. The van der Waals surface area contributed by atoms with Crippen molar-refractivity contribution < 1.29 is 42.1 Å². The predicted molar refractivity (Wildman–Crippen MR) is 266 cm³/mol. The van der Waals surface area contributed by atoms with E-state index in [4.69, 9.17) is 18.5 Å². The van der Waals surface area contributed by atoms with Crippen LogP contribution in [0.25, 0.3) is 0 Å². The Morgan fingerprint density at radius 2 is 0.857 bits per heavy atom. The van der Waals surface area contributed by atoms with Gasteiger partial charge < -0.3 is 18.9 Å². The van der Waals surface area contributed by atoms with Gasteiger partial charge in [-0.3, -0.25) is 18.6 Å². The highest BCUT2D eigenvalue weighted by atomic mass is 31.2. The number of carbonyl (C=O) groups excluding carboxylic acids is 2. The van der Waals surface area contributed by atoms with E-state index in [1.54, 1.807) is 0 Å². The van der Waals surface area contributed by atoms with Crippen LogP contribution in [0.4, 0.5) is 0 Å². The Kier molecular flexibility index (Phi) is 44.1. The molecule has 0 rings (SSSR count). The van der Waals surface area contributed by atoms with Gasteiger partial charge in [0.2, 0.25) is 0 Å². The van der Waals surface area contributed by atoms with Crippen LogP contribution < -0.4 is 0 Å². The summed E-state index contributed by atoms with van der Waals surface area (Å²) in [4.78, 5) is 35.2. The highest BCUT2D eigenvalue weighted by Gasteiger charge is 2.27. The summed E-state index contributed by atoms with van der Waals surface area (Å²) in [5.74, 6) is -0.800. The first-order valence-corrected chi connectivity index (χ1v) is 27.7. The maximum absolute atomic E-state index is 12.7. The van der Waals surface area contributed by atoms with Gasteiger partial charge in [-0.25, -0.2) is 4.57 Å². The van der Waals surface area contributed by atoms with E-state index in [0.717, 1.165) is 51.4 Å². The van der Waals surface area contributed by atoms with E-state index < -0.39 is 26.5 Å². The van der Waals surface area contributed by atoms with E-state index in [1.807, 2.05) is 21.1 Å². The molecule has 0 amide bonds. The minimum Gasteiger partial charge on any atom is -0.462 e. The topological polar surface area (TPSA) is 108 Å². The number of rotatable bonds is 48. The molecular formula is C53H101NO8P+. The summed E-state index contributed by atoms with van der Waals surface area (Å²) in [5.41, 5.74) is 0. The Balaban J connectivity index is 3.88. The zero-order valence-electron chi connectivity index (χ0n) is 41.8. The molecule has 2 atom stereocenters. The average molecular weight is 911 g/mol. The minimum absolute atomic E-state index is 0.0335. The summed E-state index contributed by atoms with van der Waals surface area (Å²) in [6, 6.07) is 0. The smallest absolute Gasteiger partial charge is 0.462 e. The van der Waals surface area contributed by atoms with Crippen LogP contribution in [0, 0.1) is 0 Å². The summed E-state index contributed by atoms with van der Waals surface area (Å²) in [6.45, 7) is 4.36. The Morgan fingerprint density at radius 1 is 0.492 bits per heavy atom. The summed E-state index contributed by atoms with van der Waals surface area (Å²) < 4.78 is 34.2. The fraction of sp³-hybridized carbons (Fsp3) is 0.849. The lowest BCUT2D eigenvalue weighted by atomic mass is 10.0. The van der Waals surface area contributed by atoms with E-state index in [0.29, 0.717) is 17.4 Å². The lowest BCUT2D eigenvalue weighted by Gasteiger charge is -2.24. The van der Waals surface area contributed by atoms with Gasteiger partial charge >= 0.3 is 19.8 Å². The zero-order chi connectivity index (χ0) is 46.4. The second-order valence-electron chi connectivity index (χ2n) is 18.9. The average Bonchev–Trinajstić information content (AvgIpc) is 3.24. The fourth-order valence-corrected chi connectivity index (χ4v) is 8.06. The molecule has 0 aliphatic carbocycles. The van der Waals surface area contributed by atoms with Gasteiger partial charge in [0, 0.05) is 12.8 Å². The van der Waals surface area contributed by atoms with Crippen LogP contribution in [-0.2, 0) is 32.7 Å². The van der Waals surface area contributed by atoms with Gasteiger partial charge in [0.05, 0.1) is 27.7 Å². The van der Waals surface area contributed by atoms with Crippen LogP contribution in [0.1, 0.15) is 239 Å². The third-order valence-electron chi connectivity index (χ3n) is 11.4. The van der Waals surface area contributed by atoms with Gasteiger partial charge in [-0.2, -0.15) is 0 Å². The molecule has 0 bridgehead atoms. The van der Waals surface area contributed by atoms with E-state index in [1.165, 1.54) is 154 Å². The lowest BCUT2D eigenvalue weighted by molar-refractivity contribution is -0.870. The highest BCUT2D eigenvalue weighted by Crippen LogP contribution is 2.43. The number of allylic oxidation sites excluding steroid dienone is 6. The minimum atomic E-state index is -4.37. The molecule has 10 heteroatoms. The van der Waals surface area contributed by atoms with Gasteiger partial charge in [-0.15, -0.1) is 0 Å². The number of ether oxygens (including phenoxy) is 2. The molecule has 370 valence electrons. The maximum Gasteiger partial charge on any atom is 0.472 e. The first-order valence-electron chi connectivity index (χ1n) is 26.2. The number of phosphoric acid groups is 1. The standard InChI is InChI=1S/C53H100NO8P/c1-6-8-10-12-14-15-16-17-18-19-20-21-22-23-24-25-26-27-28-29-30-31-32-33-34-35-36-37-38-39-40-42-44-46-53(56)62-51(49-59-52(55)45-43-41-13-11-9-7-2)50-61-63(57,58)60-48-47-54(3,4)5/h16-17,19-20,22-23,51H,6-15,18,21,24-50H2,1-5H3/p+1/b17-16-,20-19-,23-22-. The molecule has 63 heavy (non-hydrogen) atoms. The summed E-state index contributed by atoms with van der Waals surface area (Å²) in [7, 11) is 1.48. The van der Waals surface area contributed by atoms with Crippen molar-refractivity contribution in [2.24, 2.45) is 0 Å². The number of likely N-dealkylation sites (N-methyl/N-ethyl adjacent to an activating group) is 1. The summed E-state index contributed by atoms with van der Waals surface area (Å²) in [5, 5.41) is 0. The zero-order valence-corrected chi connectivity index (χ0v) is 42.7. The van der Waals surface area contributed by atoms with E-state index >= 15 is 0 Å². The Labute approximate surface area is 389 Å². The molecule has 0 fully saturated rings. The third-order valence-corrected chi connectivity index (χ3v) is 12.4. The molecular weight excluding hydrogens is 810 g/mol. The normalized spacial score (nSPS) is 13.7. The van der Waals surface area contributed by atoms with Crippen LogP contribution in [0.5, 0.6) is 0 Å². The number of phosphoric ester groups is 1. The molecule has 2 unspecified atom stereocenters. The SMILES string of the molecule is CCCCCCC/C=C\C/C=C\C/C=C\CCCCCCCCCCCCCCCCCCCCC(=O)OC(COC(=O)CCCCCCCC)COP(=O)(O)OCC[N+](C)(C)C. The van der Waals surface area contributed by atoms with Crippen LogP contribution in [0.3, 0.4) is 0 Å². The molecule has 0 aliphatic rings. The van der Waals surface area contributed by atoms with Crippen molar-refractivity contribution in [3.63, 3.8) is 0 Å². The fourth-order valence-electron chi connectivity index (χ4n) is 7.32. The van der Waals surface area contributed by atoms with Crippen molar-refractivity contribution in [2.45, 2.75) is 245 Å². The van der Waals surface area contributed by atoms with Gasteiger partial charge in [0.25, 0.3) is 0 Å². The molecule has 0 aliphatic heterocycles. The van der Waals surface area contributed by atoms with Crippen molar-refractivity contribution in [3.05, 3.63) is 36.5 Å². The van der Waals surface area contributed by atoms with Crippen molar-refractivity contribution in [2.75, 3.05) is 47.5 Å². The van der Waals surface area contributed by atoms with Gasteiger partial charge in [-0.1, -0.05) is 211 Å². The van der Waals surface area contributed by atoms with Gasteiger partial charge in [-0.05, 0) is 51.4 Å². The number of esters is 2. The summed E-state index contributed by atoms with van der Waals surface area (Å²) >= 11 is 0. The van der Waals surface area contributed by atoms with Gasteiger partial charge in [0.1, 0.15) is 19.8 Å². The second-order valence-corrected chi connectivity index (χ2v) is 20.4. The largest absolute Gasteiger partial charge is 0.472 e. The Morgan fingerprint density at radius 3 is 1.27 bits per heavy atom. The highest BCUT2D eigenvalue weighted by molar-refractivity contribution is 7.47. The van der Waals surface area contributed by atoms with Crippen LogP contribution in [-0.4, -0.2) is 74.9 Å². The third kappa shape index (κ3) is 49.5. The van der Waals surface area contributed by atoms with E-state index in [2.05, 4.69) is 50.3 Å². The molecule has 0 heterocycles. The number of hydrogen-bond acceptors (Lipinski definition) is 7. The molecule has 0 aromatic carbocycles. The number of quaternary nitrogens is 1. The lowest BCUT2D eigenvalue weighted by Crippen LogP contribution is -2.37. The molecule has 0 saturated heterocycles. The van der Waals surface area contributed by atoms with Crippen LogP contribution in [0.2, 0.25) is 0 Å². The van der Waals surface area contributed by atoms with Crippen molar-refractivity contribution >= 4 is 19.8 Å². The number of carbonyl (C=O) groups is 2. The van der Waals surface area contributed by atoms with Crippen LogP contribution in [0.15, 0.2) is 36.5 Å². The molecule has 9 nitrogen and oxygen atoms in total. The van der Waals surface area contributed by atoms with Crippen molar-refractivity contribution in [3.8, 4) is 0 Å². The first-order chi connectivity index (χ1) is 30.5. The van der Waals surface area contributed by atoms with Crippen molar-refractivity contribution in [1.82, 2.24) is 0 Å². The van der Waals surface area contributed by atoms with Crippen LogP contribution >= 0.6 is 7.82 Å². The predicted octanol–water partition coefficient (Wildman–Crippen LogP) is 15.6. The first kappa shape index (κ1) is 61.2. The Bertz CT molecular complexity index is 1170. The monoisotopic (exact) mass is 911 g/mol. The Hall–Kier alpha value is -1.77. The van der Waals surface area contributed by atoms with Gasteiger partial charge in [0.15, 0.2) is 6.10 Å². The number of hydrogen-bond donors (Lipinski definition) is 1. The maximum atomic E-state index is 12.7. The molecule has 1 N–H and O–H groups in total. The molecule has 0 aromatic rings. The molecule has 0 saturated carbocycles. The molecule has 0 spiro atoms. The van der Waals surface area contributed by atoms with Crippen molar-refractivity contribution in [1.29, 1.82) is 0 Å². The quantitative estimate of drug-likeness (QED) is 0.0211. The van der Waals surface area contributed by atoms with E-state index in [-0.39, 0.29) is 32.0 Å². The molecule has 0 radical (unpaired) electrons. The van der Waals surface area contributed by atoms with E-state index in [9.17, 15) is 19.0 Å². The summed E-state index contributed by atoms with van der Waals surface area (Å²) in [6.07, 6.45) is 54.0. The number of nitrogens with zero attached hydrogens (tertiary/aromatic N) is 1. The number of unbranched alkanes of at least 4 members (excludes halogenated alkanes) is 28. The second kappa shape index (κ2) is 45.4.